The molecule has 1 amide bonds. The third kappa shape index (κ3) is 3.41. The molecule has 1 aromatic heterocycles. The second-order valence-corrected chi connectivity index (χ2v) is 6.25. The fraction of sp³-hybridized carbons (Fsp3) is 0.400. The molecular formula is C15H18N4O2S. The van der Waals surface area contributed by atoms with Crippen LogP contribution in [-0.2, 0) is 11.2 Å². The first-order valence-corrected chi connectivity index (χ1v) is 8.34. The quantitative estimate of drug-likeness (QED) is 0.800. The molecule has 0 bridgehead atoms. The molecule has 116 valence electrons. The van der Waals surface area contributed by atoms with Crippen molar-refractivity contribution in [2.75, 3.05) is 11.1 Å². The largest absolute Gasteiger partial charge is 0.344 e. The number of carbonyl (C=O) groups excluding carboxylic acids is 1. The average Bonchev–Trinajstić information content (AvgIpc) is 3.28. The predicted octanol–water partition coefficient (Wildman–Crippen LogP) is 2.20. The van der Waals surface area contributed by atoms with E-state index in [2.05, 4.69) is 22.4 Å². The Kier molecular flexibility index (Phi) is 4.33. The van der Waals surface area contributed by atoms with E-state index < -0.39 is 0 Å². The summed E-state index contributed by atoms with van der Waals surface area (Å²) in [5.41, 5.74) is 1.79. The van der Waals surface area contributed by atoms with Gasteiger partial charge in [0.25, 0.3) is 0 Å². The lowest BCUT2D eigenvalue weighted by Crippen LogP contribution is -2.18. The van der Waals surface area contributed by atoms with E-state index in [0.29, 0.717) is 5.16 Å². The Morgan fingerprint density at radius 1 is 1.50 bits per heavy atom. The summed E-state index contributed by atoms with van der Waals surface area (Å²) in [5, 5.41) is 9.90. The summed E-state index contributed by atoms with van der Waals surface area (Å²) >= 11 is 1.28. The van der Waals surface area contributed by atoms with Crippen LogP contribution >= 0.6 is 11.8 Å². The lowest BCUT2D eigenvalue weighted by atomic mass is 10.1. The SMILES string of the molecule is CCc1cccc(NC(=O)CSc2n[nH]c(=O)n2C2CC2)c1. The number of aromatic nitrogens is 3. The molecule has 2 N–H and O–H groups in total. The average molecular weight is 318 g/mol. The van der Waals surface area contributed by atoms with Gasteiger partial charge in [-0.25, -0.2) is 9.89 Å². The van der Waals surface area contributed by atoms with Crippen molar-refractivity contribution < 1.29 is 4.79 Å². The molecule has 2 aromatic rings. The fourth-order valence-corrected chi connectivity index (χ4v) is 3.06. The van der Waals surface area contributed by atoms with E-state index in [1.54, 1.807) is 4.57 Å². The maximum atomic E-state index is 12.0. The third-order valence-corrected chi connectivity index (χ3v) is 4.49. The molecule has 0 atom stereocenters. The van der Waals surface area contributed by atoms with Crippen LogP contribution in [0.15, 0.2) is 34.2 Å². The third-order valence-electron chi connectivity index (χ3n) is 3.54. The van der Waals surface area contributed by atoms with Gasteiger partial charge < -0.3 is 5.32 Å². The summed E-state index contributed by atoms with van der Waals surface area (Å²) in [6, 6.07) is 8.05. The number of aromatic amines is 1. The van der Waals surface area contributed by atoms with Crippen LogP contribution in [0.1, 0.15) is 31.4 Å². The van der Waals surface area contributed by atoms with E-state index in [1.165, 1.54) is 17.3 Å². The van der Waals surface area contributed by atoms with Crippen LogP contribution in [0.3, 0.4) is 0 Å². The van der Waals surface area contributed by atoms with Crippen LogP contribution < -0.4 is 11.0 Å². The van der Waals surface area contributed by atoms with E-state index in [4.69, 9.17) is 0 Å². The Labute approximate surface area is 132 Å². The lowest BCUT2D eigenvalue weighted by molar-refractivity contribution is -0.113. The van der Waals surface area contributed by atoms with E-state index in [1.807, 2.05) is 24.3 Å². The Hall–Kier alpha value is -2.02. The van der Waals surface area contributed by atoms with Crippen LogP contribution in [0.2, 0.25) is 0 Å². The van der Waals surface area contributed by atoms with Gasteiger partial charge in [-0.2, -0.15) is 0 Å². The van der Waals surface area contributed by atoms with Gasteiger partial charge in [-0.05, 0) is 37.0 Å². The van der Waals surface area contributed by atoms with Gasteiger partial charge in [-0.3, -0.25) is 9.36 Å². The van der Waals surface area contributed by atoms with Crippen LogP contribution in [-0.4, -0.2) is 26.4 Å². The molecule has 3 rings (SSSR count). The van der Waals surface area contributed by atoms with Crippen molar-refractivity contribution in [2.45, 2.75) is 37.4 Å². The number of aryl methyl sites for hydroxylation is 1. The first kappa shape index (κ1) is 14.9. The van der Waals surface area contributed by atoms with Gasteiger partial charge in [0.1, 0.15) is 0 Å². The number of nitrogens with one attached hydrogen (secondary N) is 2. The highest BCUT2D eigenvalue weighted by molar-refractivity contribution is 7.99. The Morgan fingerprint density at radius 3 is 3.05 bits per heavy atom. The molecule has 0 aliphatic heterocycles. The zero-order valence-corrected chi connectivity index (χ0v) is 13.2. The molecule has 0 saturated heterocycles. The molecule has 1 heterocycles. The van der Waals surface area contributed by atoms with E-state index >= 15 is 0 Å². The number of anilines is 1. The first-order valence-electron chi connectivity index (χ1n) is 7.36. The number of amides is 1. The number of rotatable bonds is 6. The molecule has 1 aliphatic carbocycles. The van der Waals surface area contributed by atoms with Crippen LogP contribution in [0.25, 0.3) is 0 Å². The second-order valence-electron chi connectivity index (χ2n) is 5.30. The molecule has 7 heteroatoms. The van der Waals surface area contributed by atoms with Gasteiger partial charge >= 0.3 is 5.69 Å². The molecule has 1 aromatic carbocycles. The number of benzene rings is 1. The van der Waals surface area contributed by atoms with Gasteiger partial charge in [-0.1, -0.05) is 30.8 Å². The number of nitrogens with zero attached hydrogens (tertiary/aromatic N) is 2. The normalized spacial score (nSPS) is 14.0. The molecule has 22 heavy (non-hydrogen) atoms. The van der Waals surface area contributed by atoms with Crippen LogP contribution in [0.4, 0.5) is 5.69 Å². The molecule has 6 nitrogen and oxygen atoms in total. The maximum absolute atomic E-state index is 12.0. The highest BCUT2D eigenvalue weighted by atomic mass is 32.2. The van der Waals surface area contributed by atoms with Crippen molar-refractivity contribution in [3.8, 4) is 0 Å². The summed E-state index contributed by atoms with van der Waals surface area (Å²) in [5.74, 6) is 0.129. The Bertz CT molecular complexity index is 733. The van der Waals surface area contributed by atoms with Crippen molar-refractivity contribution in [1.29, 1.82) is 0 Å². The summed E-state index contributed by atoms with van der Waals surface area (Å²) in [4.78, 5) is 23.7. The summed E-state index contributed by atoms with van der Waals surface area (Å²) in [6.07, 6.45) is 2.94. The topological polar surface area (TPSA) is 79.8 Å². The minimum atomic E-state index is -0.193. The number of hydrogen-bond donors (Lipinski definition) is 2. The van der Waals surface area contributed by atoms with Crippen LogP contribution in [0, 0.1) is 0 Å². The Morgan fingerprint density at radius 2 is 2.32 bits per heavy atom. The lowest BCUT2D eigenvalue weighted by Gasteiger charge is -2.07. The molecule has 0 radical (unpaired) electrons. The fourth-order valence-electron chi connectivity index (χ4n) is 2.24. The van der Waals surface area contributed by atoms with Crippen LogP contribution in [0.5, 0.6) is 0 Å². The highest BCUT2D eigenvalue weighted by Gasteiger charge is 2.28. The monoisotopic (exact) mass is 318 g/mol. The van der Waals surface area contributed by atoms with Gasteiger partial charge in [0.05, 0.1) is 5.75 Å². The number of hydrogen-bond acceptors (Lipinski definition) is 4. The number of H-pyrrole nitrogens is 1. The smallest absolute Gasteiger partial charge is 0.325 e. The zero-order valence-electron chi connectivity index (χ0n) is 12.3. The van der Waals surface area contributed by atoms with Crippen molar-refractivity contribution >= 4 is 23.4 Å². The molecule has 1 aliphatic rings. The van der Waals surface area contributed by atoms with Gasteiger partial charge in [0.15, 0.2) is 5.16 Å². The maximum Gasteiger partial charge on any atom is 0.344 e. The summed E-state index contributed by atoms with van der Waals surface area (Å²) < 4.78 is 1.65. The molecule has 0 spiro atoms. The molecule has 1 fully saturated rings. The van der Waals surface area contributed by atoms with Gasteiger partial charge in [0, 0.05) is 11.7 Å². The minimum absolute atomic E-state index is 0.101. The minimum Gasteiger partial charge on any atom is -0.325 e. The van der Waals surface area contributed by atoms with Crippen molar-refractivity contribution in [3.05, 3.63) is 40.3 Å². The second kappa shape index (κ2) is 6.39. The zero-order chi connectivity index (χ0) is 15.5. The first-order chi connectivity index (χ1) is 10.7. The van der Waals surface area contributed by atoms with Crippen molar-refractivity contribution in [2.24, 2.45) is 0 Å². The molecule has 0 unspecified atom stereocenters. The standard InChI is InChI=1S/C15H18N4O2S/c1-2-10-4-3-5-11(8-10)16-13(20)9-22-15-18-17-14(21)19(15)12-6-7-12/h3-5,8,12H,2,6-7,9H2,1H3,(H,16,20)(H,17,21). The Balaban J connectivity index is 1.59. The number of thioether (sulfide) groups is 1. The van der Waals surface area contributed by atoms with E-state index in [0.717, 1.165) is 24.9 Å². The highest BCUT2D eigenvalue weighted by Crippen LogP contribution is 2.35. The number of carbonyl (C=O) groups is 1. The van der Waals surface area contributed by atoms with E-state index in [9.17, 15) is 9.59 Å². The van der Waals surface area contributed by atoms with Gasteiger partial charge in [0.2, 0.25) is 5.91 Å². The summed E-state index contributed by atoms with van der Waals surface area (Å²) in [7, 11) is 0. The molecule has 1 saturated carbocycles. The predicted molar refractivity (Wildman–Crippen MR) is 86.3 cm³/mol. The summed E-state index contributed by atoms with van der Waals surface area (Å²) in [6.45, 7) is 2.07. The van der Waals surface area contributed by atoms with Gasteiger partial charge in [-0.15, -0.1) is 5.10 Å². The molecular weight excluding hydrogens is 300 g/mol. The van der Waals surface area contributed by atoms with Crippen molar-refractivity contribution in [3.63, 3.8) is 0 Å². The van der Waals surface area contributed by atoms with Crippen molar-refractivity contribution in [1.82, 2.24) is 14.8 Å². The van der Waals surface area contributed by atoms with E-state index in [-0.39, 0.29) is 23.4 Å².